The zero-order valence-corrected chi connectivity index (χ0v) is 33.3. The Bertz CT molecular complexity index is 1800. The first-order valence-corrected chi connectivity index (χ1v) is 20.2. The molecule has 3 saturated heterocycles. The minimum absolute atomic E-state index is 0.212. The molecule has 0 aromatic heterocycles. The molecule has 0 radical (unpaired) electrons. The number of aliphatic hydroxyl groups excluding tert-OH is 8. The zero-order chi connectivity index (χ0) is 45.1. The maximum absolute atomic E-state index is 14.1. The Labute approximate surface area is 341 Å². The van der Waals surface area contributed by atoms with E-state index in [-0.39, 0.29) is 17.9 Å². The summed E-state index contributed by atoms with van der Waals surface area (Å²) in [6.45, 7) is 2.68. The van der Waals surface area contributed by atoms with Gasteiger partial charge in [-0.15, -0.1) is 0 Å². The molecule has 336 valence electrons. The van der Waals surface area contributed by atoms with E-state index in [9.17, 15) is 74.2 Å². The average molecular weight is 878 g/mol. The number of carbonyl (C=O) groups excluding carboxylic acids is 6. The van der Waals surface area contributed by atoms with Gasteiger partial charge < -0.3 is 82.2 Å². The topological polar surface area (TPSA) is 412 Å². The van der Waals surface area contributed by atoms with Gasteiger partial charge in [-0.05, 0) is 31.5 Å². The summed E-state index contributed by atoms with van der Waals surface area (Å²) < 4.78 is 15.7. The molecular weight excluding hydrogens is 825 g/mol. The average Bonchev–Trinajstić information content (AvgIpc) is 3.70. The second kappa shape index (κ2) is 19.6. The van der Waals surface area contributed by atoms with Crippen LogP contribution in [0, 0.1) is 5.92 Å². The predicted octanol–water partition coefficient (Wildman–Crippen LogP) is -7.54. The number of nitrogens with one attached hydrogen (secondary N) is 4. The summed E-state index contributed by atoms with van der Waals surface area (Å²) in [7, 11) is -5.01. The van der Waals surface area contributed by atoms with Crippen LogP contribution in [0.3, 0.4) is 0 Å². The Hall–Kier alpha value is -4.37. The molecule has 6 amide bonds. The molecule has 3 heterocycles. The van der Waals surface area contributed by atoms with Crippen LogP contribution in [0.15, 0.2) is 24.3 Å². The number of aliphatic hydroxyl groups is 8. The lowest BCUT2D eigenvalue weighted by molar-refractivity contribution is -0.148. The predicted molar refractivity (Wildman–Crippen MR) is 199 cm³/mol. The van der Waals surface area contributed by atoms with Gasteiger partial charge in [0.05, 0.1) is 30.5 Å². The van der Waals surface area contributed by atoms with Crippen molar-refractivity contribution in [3.8, 4) is 5.75 Å². The highest BCUT2D eigenvalue weighted by atomic mass is 31.2. The minimum Gasteiger partial charge on any atom is -0.404 e. The molecule has 26 heteroatoms. The van der Waals surface area contributed by atoms with Crippen LogP contribution < -0.4 is 31.5 Å². The van der Waals surface area contributed by atoms with Crippen molar-refractivity contribution in [1.82, 2.24) is 31.1 Å². The smallest absolute Gasteiger partial charge is 0.404 e. The van der Waals surface area contributed by atoms with E-state index in [1.165, 1.54) is 6.92 Å². The molecule has 25 nitrogen and oxygen atoms in total. The van der Waals surface area contributed by atoms with Crippen LogP contribution in [-0.4, -0.2) is 188 Å². The van der Waals surface area contributed by atoms with E-state index in [4.69, 9.17) is 15.5 Å². The standard InChI is InChI=1S/C34H52N7O18P/c1-12-10-41-24(25(12)46)32(53)39-30(51)20(45)9-18(35)28(49)36-21(13(2)42)33(54)40-11-16(44)8-19(40)29(50)38-23(31(52)37-22(14(3)43)34(41)55)27(48)26(47)15-4-6-17(7-5-15)59-60(56,57)58/h4-7,12-14,16,18-27,30,42-48,51H,8-11,35H2,1-3H3,(H,36,49)(H,37,52)(H,38,50)(H,39,53)(H2,56,57,58)/t12-,13-,14-,16-,18+,19+,20-,21+,22+,23+,24+,25-,26+,27+,30-/m1/s1. The van der Waals surface area contributed by atoms with Gasteiger partial charge in [0.2, 0.25) is 35.4 Å². The van der Waals surface area contributed by atoms with Gasteiger partial charge in [-0.1, -0.05) is 19.1 Å². The van der Waals surface area contributed by atoms with Crippen molar-refractivity contribution in [2.45, 2.75) is 119 Å². The summed E-state index contributed by atoms with van der Waals surface area (Å²) in [6, 6.07) is -7.28. The Morgan fingerprint density at radius 3 is 1.82 bits per heavy atom. The van der Waals surface area contributed by atoms with E-state index < -0.39 is 154 Å². The lowest BCUT2D eigenvalue weighted by Gasteiger charge is -2.34. The molecule has 0 bridgehead atoms. The zero-order valence-electron chi connectivity index (χ0n) is 32.5. The van der Waals surface area contributed by atoms with E-state index in [1.54, 1.807) is 0 Å². The van der Waals surface area contributed by atoms with Gasteiger partial charge in [0.15, 0.2) is 6.23 Å². The van der Waals surface area contributed by atoms with Gasteiger partial charge in [-0.25, -0.2) is 4.57 Å². The van der Waals surface area contributed by atoms with Crippen molar-refractivity contribution in [3.05, 3.63) is 29.8 Å². The molecule has 1 aromatic rings. The fraction of sp³-hybridized carbons (Fsp3) is 0.647. The number of phosphoric ester groups is 1. The monoisotopic (exact) mass is 877 g/mol. The van der Waals surface area contributed by atoms with Gasteiger partial charge in [0.1, 0.15) is 54.3 Å². The molecule has 0 aliphatic carbocycles. The number of rotatable bonds is 7. The summed E-state index contributed by atoms with van der Waals surface area (Å²) in [4.78, 5) is 102. The number of benzene rings is 1. The third-order valence-corrected chi connectivity index (χ3v) is 10.9. The molecule has 3 aliphatic heterocycles. The van der Waals surface area contributed by atoms with Gasteiger partial charge >= 0.3 is 7.82 Å². The number of nitrogens with zero attached hydrogens (tertiary/aromatic N) is 2. The highest BCUT2D eigenvalue weighted by Crippen LogP contribution is 2.38. The number of fused-ring (bicyclic) bond motifs is 2. The van der Waals surface area contributed by atoms with E-state index in [2.05, 4.69) is 20.5 Å². The number of amides is 6. The van der Waals surface area contributed by atoms with Crippen LogP contribution in [0.25, 0.3) is 0 Å². The second-order valence-electron chi connectivity index (χ2n) is 15.2. The first-order valence-electron chi connectivity index (χ1n) is 18.7. The largest absolute Gasteiger partial charge is 0.524 e. The Kier molecular flexibility index (Phi) is 15.7. The van der Waals surface area contributed by atoms with Crippen molar-refractivity contribution in [2.24, 2.45) is 11.7 Å². The number of carbonyl (C=O) groups is 6. The third kappa shape index (κ3) is 11.3. The van der Waals surface area contributed by atoms with Crippen molar-refractivity contribution in [2.75, 3.05) is 13.1 Å². The highest BCUT2D eigenvalue weighted by Gasteiger charge is 2.50. The highest BCUT2D eigenvalue weighted by molar-refractivity contribution is 7.46. The van der Waals surface area contributed by atoms with Gasteiger partial charge in [0.25, 0.3) is 0 Å². The van der Waals surface area contributed by atoms with E-state index in [0.29, 0.717) is 0 Å². The fourth-order valence-electron chi connectivity index (χ4n) is 7.12. The van der Waals surface area contributed by atoms with Crippen LogP contribution in [0.2, 0.25) is 0 Å². The maximum Gasteiger partial charge on any atom is 0.524 e. The lowest BCUT2D eigenvalue weighted by atomic mass is 9.96. The van der Waals surface area contributed by atoms with Crippen LogP contribution in [0.4, 0.5) is 0 Å². The normalized spacial score (nSPS) is 33.9. The molecule has 3 fully saturated rings. The molecular formula is C34H52N7O18P. The van der Waals surface area contributed by atoms with E-state index >= 15 is 0 Å². The second-order valence-corrected chi connectivity index (χ2v) is 16.4. The molecule has 0 unspecified atom stereocenters. The summed E-state index contributed by atoms with van der Waals surface area (Å²) in [5, 5.41) is 95.4. The minimum atomic E-state index is -5.01. The van der Waals surface area contributed by atoms with Gasteiger partial charge in [0, 0.05) is 31.8 Å². The third-order valence-electron chi connectivity index (χ3n) is 10.4. The quantitative estimate of drug-likeness (QED) is 0.113. The molecule has 4 rings (SSSR count). The molecule has 0 saturated carbocycles. The molecule has 1 aromatic carbocycles. The lowest BCUT2D eigenvalue weighted by Crippen LogP contribution is -2.64. The first kappa shape index (κ1) is 48.3. The number of nitrogens with two attached hydrogens (primary N) is 1. The molecule has 15 atom stereocenters. The van der Waals surface area contributed by atoms with Crippen molar-refractivity contribution < 1.29 is 88.5 Å². The van der Waals surface area contributed by atoms with Gasteiger partial charge in [-0.3, -0.25) is 38.6 Å². The van der Waals surface area contributed by atoms with Crippen LogP contribution in [0.5, 0.6) is 5.75 Å². The van der Waals surface area contributed by atoms with Crippen LogP contribution >= 0.6 is 7.82 Å². The summed E-state index contributed by atoms with van der Waals surface area (Å²) in [5.74, 6) is -8.61. The molecule has 60 heavy (non-hydrogen) atoms. The summed E-state index contributed by atoms with van der Waals surface area (Å²) in [6.07, 6.45) is -16.4. The Morgan fingerprint density at radius 2 is 1.27 bits per heavy atom. The SMILES string of the molecule is C[C@@H]1CN2C(=O)[C@H]([C@@H](C)O)NC(=O)[C@H]([C@H](O)[C@@H](O)c3ccc(OP(=O)(O)O)cc3)NC(=O)[C@@H]3C[C@@H](O)CN3C(=O)[C@H]([C@@H](C)O)NC(=O)[C@@H](N)C[C@@H](O)[C@@H](O)NC(=O)[C@@H]2[C@@H]1O. The Morgan fingerprint density at radius 1 is 0.733 bits per heavy atom. The van der Waals surface area contributed by atoms with Crippen molar-refractivity contribution >= 4 is 43.3 Å². The van der Waals surface area contributed by atoms with Gasteiger partial charge in [-0.2, -0.15) is 0 Å². The van der Waals surface area contributed by atoms with Crippen LogP contribution in [-0.2, 0) is 33.3 Å². The molecule has 3 aliphatic rings. The molecule has 0 spiro atoms. The number of hydrogen-bond acceptors (Lipinski definition) is 17. The Balaban J connectivity index is 1.80. The summed E-state index contributed by atoms with van der Waals surface area (Å²) in [5.41, 5.74) is 5.72. The number of phosphoric acid groups is 1. The molecule has 16 N–H and O–H groups in total. The van der Waals surface area contributed by atoms with Crippen molar-refractivity contribution in [3.63, 3.8) is 0 Å². The van der Waals surface area contributed by atoms with Crippen molar-refractivity contribution in [1.29, 1.82) is 0 Å². The first-order chi connectivity index (χ1) is 27.8. The van der Waals surface area contributed by atoms with E-state index in [0.717, 1.165) is 47.9 Å². The van der Waals surface area contributed by atoms with Crippen LogP contribution in [0.1, 0.15) is 45.3 Å². The summed E-state index contributed by atoms with van der Waals surface area (Å²) >= 11 is 0. The fourth-order valence-corrected chi connectivity index (χ4v) is 7.51. The van der Waals surface area contributed by atoms with E-state index in [1.807, 2.05) is 5.32 Å². The maximum atomic E-state index is 14.1. The number of hydrogen-bond donors (Lipinski definition) is 15.